The molecule has 1 heterocycles. The molecule has 0 bridgehead atoms. The molecule has 6 heteroatoms. The Kier molecular flexibility index (Phi) is 2.65. The molecule has 0 amide bonds. The minimum Gasteiger partial charge on any atom is -0.351 e. The smallest absolute Gasteiger partial charge is 0.351 e. The van der Waals surface area contributed by atoms with Gasteiger partial charge in [0.05, 0.1) is 6.54 Å². The fraction of sp³-hybridized carbons (Fsp3) is 0.889. The van der Waals surface area contributed by atoms with Crippen molar-refractivity contribution in [1.82, 2.24) is 5.32 Å². The van der Waals surface area contributed by atoms with Gasteiger partial charge in [0.25, 0.3) is 0 Å². The van der Waals surface area contributed by atoms with E-state index in [9.17, 15) is 13.2 Å². The molecule has 86 valence electrons. The SMILES string of the molecule is CCC1CN=C(NC2(C(F)(F)F)CC2)S1. The zero-order chi connectivity index (χ0) is 11.1. The molecule has 2 rings (SSSR count). The third-order valence-electron chi connectivity index (χ3n) is 2.81. The van der Waals surface area contributed by atoms with Gasteiger partial charge in [-0.1, -0.05) is 18.7 Å². The Balaban J connectivity index is 1.94. The fourth-order valence-corrected chi connectivity index (χ4v) is 2.54. The Morgan fingerprint density at radius 3 is 2.60 bits per heavy atom. The minimum atomic E-state index is -4.15. The summed E-state index contributed by atoms with van der Waals surface area (Å²) >= 11 is 1.43. The highest BCUT2D eigenvalue weighted by atomic mass is 32.2. The van der Waals surface area contributed by atoms with Gasteiger partial charge in [0, 0.05) is 5.25 Å². The van der Waals surface area contributed by atoms with Gasteiger partial charge in [-0.3, -0.25) is 4.99 Å². The number of rotatable bonds is 2. The van der Waals surface area contributed by atoms with Crippen LogP contribution in [-0.2, 0) is 0 Å². The van der Waals surface area contributed by atoms with Crippen molar-refractivity contribution in [2.24, 2.45) is 4.99 Å². The lowest BCUT2D eigenvalue weighted by molar-refractivity contribution is -0.161. The second-order valence-corrected chi connectivity index (χ2v) is 5.29. The summed E-state index contributed by atoms with van der Waals surface area (Å²) < 4.78 is 37.8. The van der Waals surface area contributed by atoms with Gasteiger partial charge >= 0.3 is 6.18 Å². The highest BCUT2D eigenvalue weighted by Gasteiger charge is 2.64. The van der Waals surface area contributed by atoms with Crippen molar-refractivity contribution in [3.05, 3.63) is 0 Å². The minimum absolute atomic E-state index is 0.173. The molecule has 2 aliphatic rings. The van der Waals surface area contributed by atoms with E-state index in [1.54, 1.807) is 0 Å². The fourth-order valence-electron chi connectivity index (χ4n) is 1.51. The summed E-state index contributed by atoms with van der Waals surface area (Å²) in [6.45, 7) is 2.66. The maximum atomic E-state index is 12.6. The van der Waals surface area contributed by atoms with E-state index in [2.05, 4.69) is 10.3 Å². The normalized spacial score (nSPS) is 28.8. The molecule has 1 saturated carbocycles. The third kappa shape index (κ3) is 2.09. The van der Waals surface area contributed by atoms with Crippen molar-refractivity contribution >= 4 is 16.9 Å². The number of hydrogen-bond donors (Lipinski definition) is 1. The third-order valence-corrected chi connectivity index (χ3v) is 4.08. The van der Waals surface area contributed by atoms with Gasteiger partial charge in [-0.05, 0) is 19.3 Å². The first-order valence-electron chi connectivity index (χ1n) is 5.03. The lowest BCUT2D eigenvalue weighted by Gasteiger charge is -2.21. The van der Waals surface area contributed by atoms with Crippen molar-refractivity contribution in [2.75, 3.05) is 6.54 Å². The number of thioether (sulfide) groups is 1. The molecule has 0 aromatic rings. The van der Waals surface area contributed by atoms with Crippen LogP contribution in [0.2, 0.25) is 0 Å². The zero-order valence-electron chi connectivity index (χ0n) is 8.40. The van der Waals surface area contributed by atoms with E-state index in [0.717, 1.165) is 6.42 Å². The van der Waals surface area contributed by atoms with Crippen molar-refractivity contribution < 1.29 is 13.2 Å². The van der Waals surface area contributed by atoms with E-state index in [0.29, 0.717) is 17.0 Å². The van der Waals surface area contributed by atoms with Crippen LogP contribution in [0.1, 0.15) is 26.2 Å². The summed E-state index contributed by atoms with van der Waals surface area (Å²) in [6.07, 6.45) is -2.86. The molecule has 0 aromatic carbocycles. The summed E-state index contributed by atoms with van der Waals surface area (Å²) in [5.41, 5.74) is -1.67. The van der Waals surface area contributed by atoms with Crippen LogP contribution < -0.4 is 5.32 Å². The Hall–Kier alpha value is -0.390. The van der Waals surface area contributed by atoms with E-state index in [1.165, 1.54) is 11.8 Å². The predicted molar refractivity (Wildman–Crippen MR) is 55.1 cm³/mol. The number of amidine groups is 1. The average Bonchev–Trinajstić information content (AvgIpc) is 2.78. The second-order valence-electron chi connectivity index (χ2n) is 4.00. The predicted octanol–water partition coefficient (Wildman–Crippen LogP) is 2.55. The summed E-state index contributed by atoms with van der Waals surface area (Å²) in [7, 11) is 0. The molecular formula is C9H13F3N2S. The van der Waals surface area contributed by atoms with Crippen LogP contribution in [-0.4, -0.2) is 28.7 Å². The molecule has 1 atom stereocenters. The standard InChI is InChI=1S/C9H13F3N2S/c1-2-6-5-13-7(15-6)14-8(3-4-8)9(10,11)12/h6H,2-5H2,1H3,(H,13,14). The van der Waals surface area contributed by atoms with Crippen molar-refractivity contribution in [3.63, 3.8) is 0 Å². The number of nitrogens with one attached hydrogen (secondary N) is 1. The van der Waals surface area contributed by atoms with Gasteiger partial charge in [-0.25, -0.2) is 0 Å². The van der Waals surface area contributed by atoms with E-state index in [-0.39, 0.29) is 12.8 Å². The zero-order valence-corrected chi connectivity index (χ0v) is 9.21. The second kappa shape index (κ2) is 3.57. The average molecular weight is 238 g/mol. The van der Waals surface area contributed by atoms with Crippen LogP contribution in [0.4, 0.5) is 13.2 Å². The molecule has 1 aliphatic carbocycles. The van der Waals surface area contributed by atoms with Gasteiger partial charge in [0.1, 0.15) is 5.54 Å². The maximum absolute atomic E-state index is 12.6. The Labute approximate surface area is 90.7 Å². The quantitative estimate of drug-likeness (QED) is 0.799. The van der Waals surface area contributed by atoms with Gasteiger partial charge < -0.3 is 5.32 Å². The van der Waals surface area contributed by atoms with Crippen LogP contribution in [0.15, 0.2) is 4.99 Å². The van der Waals surface area contributed by atoms with E-state index in [1.807, 2.05) is 6.92 Å². The van der Waals surface area contributed by atoms with E-state index >= 15 is 0 Å². The molecular weight excluding hydrogens is 225 g/mol. The van der Waals surface area contributed by atoms with Gasteiger partial charge in [0.15, 0.2) is 5.17 Å². The first-order chi connectivity index (χ1) is 6.97. The Bertz CT molecular complexity index is 284. The highest BCUT2D eigenvalue weighted by molar-refractivity contribution is 8.14. The molecule has 0 saturated heterocycles. The lowest BCUT2D eigenvalue weighted by atomic mass is 10.3. The van der Waals surface area contributed by atoms with Crippen molar-refractivity contribution in [3.8, 4) is 0 Å². The van der Waals surface area contributed by atoms with E-state index in [4.69, 9.17) is 0 Å². The molecule has 1 aliphatic heterocycles. The molecule has 0 aromatic heterocycles. The molecule has 0 radical (unpaired) electrons. The van der Waals surface area contributed by atoms with Crippen molar-refractivity contribution in [1.29, 1.82) is 0 Å². The topological polar surface area (TPSA) is 24.4 Å². The van der Waals surface area contributed by atoms with Crippen molar-refractivity contribution in [2.45, 2.75) is 43.2 Å². The Morgan fingerprint density at radius 2 is 2.20 bits per heavy atom. The Morgan fingerprint density at radius 1 is 1.53 bits per heavy atom. The number of aliphatic imine (C=N–C) groups is 1. The van der Waals surface area contributed by atoms with Gasteiger partial charge in [0.2, 0.25) is 0 Å². The summed E-state index contributed by atoms with van der Waals surface area (Å²) in [5.74, 6) is 0. The number of alkyl halides is 3. The van der Waals surface area contributed by atoms with Gasteiger partial charge in [-0.2, -0.15) is 13.2 Å². The summed E-state index contributed by atoms with van der Waals surface area (Å²) in [6, 6.07) is 0. The number of halogens is 3. The molecule has 1 unspecified atom stereocenters. The molecule has 15 heavy (non-hydrogen) atoms. The van der Waals surface area contributed by atoms with Crippen LogP contribution in [0.5, 0.6) is 0 Å². The summed E-state index contributed by atoms with van der Waals surface area (Å²) in [4.78, 5) is 4.10. The van der Waals surface area contributed by atoms with Crippen LogP contribution in [0, 0.1) is 0 Å². The first kappa shape index (κ1) is 11.1. The van der Waals surface area contributed by atoms with Crippen LogP contribution in [0.25, 0.3) is 0 Å². The molecule has 0 spiro atoms. The molecule has 1 fully saturated rings. The number of hydrogen-bond acceptors (Lipinski definition) is 3. The largest absolute Gasteiger partial charge is 0.411 e. The van der Waals surface area contributed by atoms with Crippen LogP contribution >= 0.6 is 11.8 Å². The first-order valence-corrected chi connectivity index (χ1v) is 5.91. The molecule has 1 N–H and O–H groups in total. The maximum Gasteiger partial charge on any atom is 0.411 e. The molecule has 2 nitrogen and oxygen atoms in total. The number of nitrogens with zero attached hydrogens (tertiary/aromatic N) is 1. The summed E-state index contributed by atoms with van der Waals surface area (Å²) in [5, 5.41) is 3.37. The van der Waals surface area contributed by atoms with E-state index < -0.39 is 11.7 Å². The monoisotopic (exact) mass is 238 g/mol. The van der Waals surface area contributed by atoms with Crippen LogP contribution in [0.3, 0.4) is 0 Å². The highest BCUT2D eigenvalue weighted by Crippen LogP contribution is 2.49. The lowest BCUT2D eigenvalue weighted by Crippen LogP contribution is -2.46. The van der Waals surface area contributed by atoms with Gasteiger partial charge in [-0.15, -0.1) is 0 Å².